The minimum Gasteiger partial charge on any atom is -0.490 e. The number of halogens is 1. The Kier molecular flexibility index (Phi) is 5.21. The third-order valence-electron chi connectivity index (χ3n) is 4.22. The molecule has 0 spiro atoms. The van der Waals surface area contributed by atoms with Crippen molar-refractivity contribution in [3.05, 3.63) is 66.2 Å². The smallest absolute Gasteiger partial charge is 0.245 e. The lowest BCUT2D eigenvalue weighted by Gasteiger charge is -2.31. The highest BCUT2D eigenvalue weighted by Gasteiger charge is 2.22. The molecule has 3 rings (SSSR count). The van der Waals surface area contributed by atoms with Crippen molar-refractivity contribution >= 4 is 17.5 Å². The van der Waals surface area contributed by atoms with Crippen LogP contribution >= 0.6 is 11.6 Å². The number of hydrogen-bond acceptors (Lipinski definition) is 2. The van der Waals surface area contributed by atoms with E-state index in [-0.39, 0.29) is 12.0 Å². The molecule has 1 aliphatic rings. The topological polar surface area (TPSA) is 29.5 Å². The molecule has 0 radical (unpaired) electrons. The second kappa shape index (κ2) is 7.54. The summed E-state index contributed by atoms with van der Waals surface area (Å²) in [6.45, 7) is 4.96. The molecule has 3 nitrogen and oxygen atoms in total. The van der Waals surface area contributed by atoms with Crippen molar-refractivity contribution in [3.8, 4) is 16.9 Å². The van der Waals surface area contributed by atoms with Gasteiger partial charge < -0.3 is 9.64 Å². The molecule has 124 valence electrons. The Morgan fingerprint density at radius 1 is 1.12 bits per heavy atom. The molecule has 0 saturated carbocycles. The van der Waals surface area contributed by atoms with Gasteiger partial charge in [0.1, 0.15) is 11.9 Å². The van der Waals surface area contributed by atoms with Crippen LogP contribution < -0.4 is 4.74 Å². The first kappa shape index (κ1) is 16.6. The predicted octanol–water partition coefficient (Wildman–Crippen LogP) is 4.56. The van der Waals surface area contributed by atoms with Crippen molar-refractivity contribution < 1.29 is 9.53 Å². The number of likely N-dealkylation sites (tertiary alicyclic amines) is 1. The van der Waals surface area contributed by atoms with Gasteiger partial charge in [-0.15, -0.1) is 0 Å². The van der Waals surface area contributed by atoms with Crippen molar-refractivity contribution in [2.45, 2.75) is 18.9 Å². The maximum absolute atomic E-state index is 11.6. The fourth-order valence-electron chi connectivity index (χ4n) is 2.93. The van der Waals surface area contributed by atoms with Gasteiger partial charge in [0.15, 0.2) is 0 Å². The first-order chi connectivity index (χ1) is 11.7. The minimum absolute atomic E-state index is 0.00333. The van der Waals surface area contributed by atoms with Crippen molar-refractivity contribution in [3.63, 3.8) is 0 Å². The molecule has 1 fully saturated rings. The van der Waals surface area contributed by atoms with E-state index in [2.05, 4.69) is 6.58 Å². The maximum atomic E-state index is 11.6. The van der Waals surface area contributed by atoms with Gasteiger partial charge in [0, 0.05) is 31.0 Å². The molecule has 1 amide bonds. The van der Waals surface area contributed by atoms with Gasteiger partial charge >= 0.3 is 0 Å². The van der Waals surface area contributed by atoms with Gasteiger partial charge in [0.2, 0.25) is 5.91 Å². The number of amides is 1. The molecular formula is C20H20ClNO2. The van der Waals surface area contributed by atoms with E-state index < -0.39 is 0 Å². The quantitative estimate of drug-likeness (QED) is 0.763. The second-order valence-corrected chi connectivity index (χ2v) is 6.32. The van der Waals surface area contributed by atoms with Crippen LogP contribution in [0.4, 0.5) is 0 Å². The zero-order valence-corrected chi connectivity index (χ0v) is 14.2. The van der Waals surface area contributed by atoms with Crippen molar-refractivity contribution in [1.82, 2.24) is 4.90 Å². The Morgan fingerprint density at radius 3 is 2.46 bits per heavy atom. The van der Waals surface area contributed by atoms with Crippen molar-refractivity contribution in [2.75, 3.05) is 13.1 Å². The number of hydrogen-bond donors (Lipinski definition) is 0. The van der Waals surface area contributed by atoms with Gasteiger partial charge in [-0.3, -0.25) is 4.79 Å². The molecule has 0 bridgehead atoms. The molecule has 0 aliphatic carbocycles. The summed E-state index contributed by atoms with van der Waals surface area (Å²) in [6, 6.07) is 15.8. The Hall–Kier alpha value is -2.26. The van der Waals surface area contributed by atoms with E-state index in [9.17, 15) is 4.79 Å². The third kappa shape index (κ3) is 3.98. The largest absolute Gasteiger partial charge is 0.490 e. The molecule has 1 saturated heterocycles. The zero-order valence-electron chi connectivity index (χ0n) is 13.5. The summed E-state index contributed by atoms with van der Waals surface area (Å²) in [6.07, 6.45) is 3.17. The van der Waals surface area contributed by atoms with Crippen molar-refractivity contribution in [2.24, 2.45) is 0 Å². The van der Waals surface area contributed by atoms with Crippen LogP contribution in [0, 0.1) is 0 Å². The van der Waals surface area contributed by atoms with Gasteiger partial charge in [0.25, 0.3) is 0 Å². The highest BCUT2D eigenvalue weighted by atomic mass is 35.5. The standard InChI is InChI=1S/C20H20ClNO2/c1-2-20(23)22-11-9-18(10-12-22)24-19-8-4-6-16(14-19)15-5-3-7-17(21)13-15/h2-8,13-14,18H,1,9-12H2. The summed E-state index contributed by atoms with van der Waals surface area (Å²) in [5, 5.41) is 0.720. The van der Waals surface area contributed by atoms with Gasteiger partial charge in [-0.05, 0) is 41.5 Å². The van der Waals surface area contributed by atoms with Gasteiger partial charge in [-0.1, -0.05) is 42.4 Å². The molecule has 2 aromatic carbocycles. The second-order valence-electron chi connectivity index (χ2n) is 5.88. The monoisotopic (exact) mass is 341 g/mol. The number of carbonyl (C=O) groups is 1. The van der Waals surface area contributed by atoms with Gasteiger partial charge in [-0.2, -0.15) is 0 Å². The Balaban J connectivity index is 1.66. The molecule has 1 heterocycles. The van der Waals surface area contributed by atoms with E-state index in [1.165, 1.54) is 6.08 Å². The van der Waals surface area contributed by atoms with Crippen LogP contribution in [0.25, 0.3) is 11.1 Å². The average molecular weight is 342 g/mol. The lowest BCUT2D eigenvalue weighted by atomic mass is 10.1. The van der Waals surface area contributed by atoms with Crippen LogP contribution in [0.3, 0.4) is 0 Å². The molecule has 0 aromatic heterocycles. The normalized spacial score (nSPS) is 15.1. The van der Waals surface area contributed by atoms with E-state index in [4.69, 9.17) is 16.3 Å². The summed E-state index contributed by atoms with van der Waals surface area (Å²) >= 11 is 6.07. The first-order valence-corrected chi connectivity index (χ1v) is 8.47. The van der Waals surface area contributed by atoms with E-state index in [1.54, 1.807) is 0 Å². The van der Waals surface area contributed by atoms with Crippen LogP contribution in [0.2, 0.25) is 5.02 Å². The highest BCUT2D eigenvalue weighted by molar-refractivity contribution is 6.30. The average Bonchev–Trinajstić information content (AvgIpc) is 2.62. The van der Waals surface area contributed by atoms with E-state index in [0.29, 0.717) is 13.1 Å². The summed E-state index contributed by atoms with van der Waals surface area (Å²) in [5.41, 5.74) is 2.15. The number of rotatable bonds is 4. The lowest BCUT2D eigenvalue weighted by Crippen LogP contribution is -2.41. The molecule has 0 atom stereocenters. The summed E-state index contributed by atoms with van der Waals surface area (Å²) in [7, 11) is 0. The fourth-order valence-corrected chi connectivity index (χ4v) is 3.12. The van der Waals surface area contributed by atoms with Crippen LogP contribution in [0.15, 0.2) is 61.2 Å². The first-order valence-electron chi connectivity index (χ1n) is 8.10. The van der Waals surface area contributed by atoms with E-state index in [1.807, 2.05) is 53.4 Å². The number of piperidine rings is 1. The highest BCUT2D eigenvalue weighted by Crippen LogP contribution is 2.27. The summed E-state index contributed by atoms with van der Waals surface area (Å²) in [4.78, 5) is 13.4. The summed E-state index contributed by atoms with van der Waals surface area (Å²) in [5.74, 6) is 0.845. The minimum atomic E-state index is -0.00333. The number of nitrogens with zero attached hydrogens (tertiary/aromatic N) is 1. The molecule has 0 unspecified atom stereocenters. The van der Waals surface area contributed by atoms with E-state index >= 15 is 0 Å². The van der Waals surface area contributed by atoms with Crippen LogP contribution in [-0.4, -0.2) is 30.0 Å². The van der Waals surface area contributed by atoms with Crippen LogP contribution in [-0.2, 0) is 4.79 Å². The lowest BCUT2D eigenvalue weighted by molar-refractivity contribution is -0.127. The van der Waals surface area contributed by atoms with Crippen LogP contribution in [0.1, 0.15) is 12.8 Å². The molecule has 4 heteroatoms. The maximum Gasteiger partial charge on any atom is 0.245 e. The fraction of sp³-hybridized carbons (Fsp3) is 0.250. The number of benzene rings is 2. The van der Waals surface area contributed by atoms with Gasteiger partial charge in [-0.25, -0.2) is 0 Å². The third-order valence-corrected chi connectivity index (χ3v) is 4.46. The Labute approximate surface area is 147 Å². The van der Waals surface area contributed by atoms with Gasteiger partial charge in [0.05, 0.1) is 0 Å². The number of ether oxygens (including phenoxy) is 1. The Morgan fingerprint density at radius 2 is 1.79 bits per heavy atom. The number of carbonyl (C=O) groups excluding carboxylic acids is 1. The summed E-state index contributed by atoms with van der Waals surface area (Å²) < 4.78 is 6.11. The van der Waals surface area contributed by atoms with E-state index in [0.717, 1.165) is 34.7 Å². The molecular weight excluding hydrogens is 322 g/mol. The predicted molar refractivity (Wildman–Crippen MR) is 97.3 cm³/mol. The Bertz CT molecular complexity index is 736. The molecule has 24 heavy (non-hydrogen) atoms. The van der Waals surface area contributed by atoms with Crippen LogP contribution in [0.5, 0.6) is 5.75 Å². The molecule has 1 aliphatic heterocycles. The molecule has 2 aromatic rings. The molecule has 0 N–H and O–H groups in total. The zero-order chi connectivity index (χ0) is 16.9. The van der Waals surface area contributed by atoms with Crippen molar-refractivity contribution in [1.29, 1.82) is 0 Å². The SMILES string of the molecule is C=CC(=O)N1CCC(Oc2cccc(-c3cccc(Cl)c3)c2)CC1.